The molecule has 0 bridgehead atoms. The molecule has 0 heterocycles. The molecule has 0 aromatic heterocycles. The van der Waals surface area contributed by atoms with Gasteiger partial charge in [-0.15, -0.1) is 0 Å². The van der Waals surface area contributed by atoms with E-state index in [1.807, 2.05) is 26.0 Å². The van der Waals surface area contributed by atoms with Gasteiger partial charge in [0.05, 0.1) is 0 Å². The number of hydrogen-bond acceptors (Lipinski definition) is 3. The number of allylic oxidation sites excluding steroid dienone is 4. The Hall–Kier alpha value is -3.34. The Morgan fingerprint density at radius 1 is 0.919 bits per heavy atom. The molecular formula is C32H46F2N2O. The van der Waals surface area contributed by atoms with E-state index >= 15 is 0 Å². The molecule has 2 aromatic rings. The summed E-state index contributed by atoms with van der Waals surface area (Å²) in [4.78, 5) is 6.62. The van der Waals surface area contributed by atoms with E-state index in [0.29, 0.717) is 5.56 Å². The van der Waals surface area contributed by atoms with Crippen molar-refractivity contribution in [1.29, 1.82) is 0 Å². The van der Waals surface area contributed by atoms with E-state index in [9.17, 15) is 8.78 Å². The summed E-state index contributed by atoms with van der Waals surface area (Å²) in [5.41, 5.74) is 8.63. The van der Waals surface area contributed by atoms with Gasteiger partial charge in [0.2, 0.25) is 0 Å². The second-order valence-electron chi connectivity index (χ2n) is 8.39. The summed E-state index contributed by atoms with van der Waals surface area (Å²) in [6.45, 7) is 23.5. The van der Waals surface area contributed by atoms with Gasteiger partial charge in [0.25, 0.3) is 5.90 Å². The van der Waals surface area contributed by atoms with Crippen LogP contribution in [-0.2, 0) is 11.2 Å². The predicted molar refractivity (Wildman–Crippen MR) is 161 cm³/mol. The van der Waals surface area contributed by atoms with E-state index in [4.69, 9.17) is 4.74 Å². The van der Waals surface area contributed by atoms with Crippen molar-refractivity contribution in [2.75, 3.05) is 14.1 Å². The Morgan fingerprint density at radius 2 is 1.41 bits per heavy atom. The molecule has 0 radical (unpaired) electrons. The maximum Gasteiger partial charge on any atom is 0.312 e. The smallest absolute Gasteiger partial charge is 0.312 e. The fourth-order valence-corrected chi connectivity index (χ4v) is 2.45. The molecule has 0 atom stereocenters. The summed E-state index contributed by atoms with van der Waals surface area (Å²) in [5.74, 6) is -0.442. The fraction of sp³-hybridized carbons (Fsp3) is 0.375. The van der Waals surface area contributed by atoms with Crippen LogP contribution in [0.5, 0.6) is 0 Å². The molecule has 0 aliphatic heterocycles. The van der Waals surface area contributed by atoms with Gasteiger partial charge in [0.15, 0.2) is 0 Å². The minimum atomic E-state index is -2.73. The van der Waals surface area contributed by atoms with Gasteiger partial charge in [-0.25, -0.2) is 0 Å². The van der Waals surface area contributed by atoms with E-state index < -0.39 is 12.3 Å². The maximum atomic E-state index is 12.4. The number of nitrogens with zero attached hydrogens (tertiary/aromatic N) is 2. The number of aryl methyl sites for hydroxylation is 3. The molecule has 0 saturated heterocycles. The van der Waals surface area contributed by atoms with E-state index in [2.05, 4.69) is 95.2 Å². The normalized spacial score (nSPS) is 10.5. The third-order valence-electron chi connectivity index (χ3n) is 5.29. The fourth-order valence-electron chi connectivity index (χ4n) is 2.45. The minimum Gasteiger partial charge on any atom is -0.438 e. The topological polar surface area (TPSA) is 34.0 Å². The van der Waals surface area contributed by atoms with E-state index in [1.165, 1.54) is 40.4 Å². The summed E-state index contributed by atoms with van der Waals surface area (Å²) in [6.07, 6.45) is 2.42. The largest absolute Gasteiger partial charge is 0.438 e. The van der Waals surface area contributed by atoms with Crippen molar-refractivity contribution in [2.24, 2.45) is 9.98 Å². The van der Waals surface area contributed by atoms with Gasteiger partial charge in [-0.3, -0.25) is 4.99 Å². The molecular weight excluding hydrogens is 466 g/mol. The molecule has 2 rings (SSSR count). The summed E-state index contributed by atoms with van der Waals surface area (Å²) < 4.78 is 29.7. The molecule has 0 N–H and O–H groups in total. The van der Waals surface area contributed by atoms with Crippen LogP contribution in [0.3, 0.4) is 0 Å². The average molecular weight is 513 g/mol. The molecule has 0 amide bonds. The number of halogens is 2. The van der Waals surface area contributed by atoms with Crippen molar-refractivity contribution in [3.8, 4) is 0 Å². The van der Waals surface area contributed by atoms with Gasteiger partial charge in [-0.2, -0.15) is 8.78 Å². The molecule has 0 fully saturated rings. The zero-order chi connectivity index (χ0) is 29.0. The first kappa shape index (κ1) is 35.8. The number of hydrogen-bond donors (Lipinski definition) is 0. The van der Waals surface area contributed by atoms with Gasteiger partial charge in [-0.05, 0) is 89.4 Å². The van der Waals surface area contributed by atoms with Crippen LogP contribution >= 0.6 is 0 Å². The van der Waals surface area contributed by atoms with Crippen molar-refractivity contribution in [1.82, 2.24) is 0 Å². The second-order valence-corrected chi connectivity index (χ2v) is 8.39. The molecule has 0 spiro atoms. The lowest BCUT2D eigenvalue weighted by molar-refractivity contribution is 0.196. The first-order valence-corrected chi connectivity index (χ1v) is 12.3. The van der Waals surface area contributed by atoms with Gasteiger partial charge in [0.1, 0.15) is 5.76 Å². The Balaban J connectivity index is 0. The van der Waals surface area contributed by atoms with E-state index in [-0.39, 0.29) is 5.76 Å². The van der Waals surface area contributed by atoms with Crippen LogP contribution in [-0.4, -0.2) is 33.1 Å². The van der Waals surface area contributed by atoms with E-state index in [0.717, 1.165) is 6.42 Å². The Labute approximate surface area is 224 Å². The zero-order valence-corrected chi connectivity index (χ0v) is 24.5. The molecule has 0 unspecified atom stereocenters. The van der Waals surface area contributed by atoms with Crippen molar-refractivity contribution in [3.05, 3.63) is 94.6 Å². The van der Waals surface area contributed by atoms with Gasteiger partial charge < -0.3 is 9.73 Å². The van der Waals surface area contributed by atoms with Crippen LogP contribution in [0.15, 0.2) is 76.8 Å². The first-order chi connectivity index (χ1) is 17.4. The molecule has 3 nitrogen and oxygen atoms in total. The predicted octanol–water partition coefficient (Wildman–Crippen LogP) is 9.55. The number of benzene rings is 2. The van der Waals surface area contributed by atoms with Crippen LogP contribution in [0.2, 0.25) is 0 Å². The Kier molecular flexibility index (Phi) is 20.1. The van der Waals surface area contributed by atoms with E-state index in [1.54, 1.807) is 19.2 Å². The number of aliphatic imine (C=N–C) groups is 2. The second kappa shape index (κ2) is 20.8. The summed E-state index contributed by atoms with van der Waals surface area (Å²) in [7, 11) is 2.90. The summed E-state index contributed by atoms with van der Waals surface area (Å²) in [6, 6.07) is 14.0. The Morgan fingerprint density at radius 3 is 1.76 bits per heavy atom. The van der Waals surface area contributed by atoms with Crippen LogP contribution in [0, 0.1) is 13.8 Å². The van der Waals surface area contributed by atoms with Crippen molar-refractivity contribution < 1.29 is 13.5 Å². The third kappa shape index (κ3) is 16.1. The molecule has 5 heteroatoms. The quantitative estimate of drug-likeness (QED) is 0.170. The van der Waals surface area contributed by atoms with Crippen LogP contribution in [0.1, 0.15) is 69.4 Å². The molecule has 37 heavy (non-hydrogen) atoms. The zero-order valence-electron chi connectivity index (χ0n) is 24.5. The molecule has 0 aliphatic carbocycles. The number of ether oxygens (including phenoxy) is 1. The molecule has 2 aromatic carbocycles. The monoisotopic (exact) mass is 512 g/mol. The highest BCUT2D eigenvalue weighted by atomic mass is 19.3. The maximum absolute atomic E-state index is 12.4. The number of alkyl halides is 2. The lowest BCUT2D eigenvalue weighted by atomic mass is 10.0. The van der Waals surface area contributed by atoms with Crippen LogP contribution in [0.25, 0.3) is 11.3 Å². The third-order valence-corrected chi connectivity index (χ3v) is 5.29. The van der Waals surface area contributed by atoms with Crippen LogP contribution < -0.4 is 0 Å². The Bertz CT molecular complexity index is 1030. The lowest BCUT2D eigenvalue weighted by Crippen LogP contribution is -2.13. The average Bonchev–Trinajstić information content (AvgIpc) is 2.89. The SMILES string of the molecule is C/C=C(\C)c1ccc(C)c(C)c1.C=C(OC(=NC)C(F)F)c1ccc(CC)cc1.C=NC.CC=C(C)C. The number of rotatable bonds is 5. The molecule has 0 aliphatic rings. The van der Waals surface area contributed by atoms with Gasteiger partial charge in [-0.1, -0.05) is 73.7 Å². The summed E-state index contributed by atoms with van der Waals surface area (Å²) >= 11 is 0. The van der Waals surface area contributed by atoms with Crippen molar-refractivity contribution >= 4 is 23.9 Å². The highest BCUT2D eigenvalue weighted by molar-refractivity contribution is 5.84. The highest BCUT2D eigenvalue weighted by Gasteiger charge is 2.15. The van der Waals surface area contributed by atoms with Gasteiger partial charge >= 0.3 is 6.43 Å². The lowest BCUT2D eigenvalue weighted by Gasteiger charge is -2.10. The van der Waals surface area contributed by atoms with Gasteiger partial charge in [0, 0.05) is 19.7 Å². The minimum absolute atomic E-state index is 0.175. The summed E-state index contributed by atoms with van der Waals surface area (Å²) in [5, 5.41) is 0. The first-order valence-electron chi connectivity index (χ1n) is 12.3. The van der Waals surface area contributed by atoms with Crippen molar-refractivity contribution in [2.45, 2.75) is 68.2 Å². The standard InChI is InChI=1S/C13H15F2NO.C12H16.C5H10.C2H5N/c1-4-10-5-7-11(8-6-10)9(2)17-13(16-3)12(14)15;1-5-9(2)12-7-6-10(3)11(4)8-12;1-4-5(2)3;1-3-2/h5-8,12H,2,4H2,1,3H3;5-8H,1-4H3;4H,1-3H3;1H2,2H3/b;9-5+;;. The van der Waals surface area contributed by atoms with Crippen molar-refractivity contribution in [3.63, 3.8) is 0 Å². The molecule has 0 saturated carbocycles. The van der Waals surface area contributed by atoms with Crippen LogP contribution in [0.4, 0.5) is 8.78 Å². The highest BCUT2D eigenvalue weighted by Crippen LogP contribution is 2.18. The molecule has 204 valence electrons.